The van der Waals surface area contributed by atoms with E-state index in [0.29, 0.717) is 6.54 Å². The van der Waals surface area contributed by atoms with Crippen molar-refractivity contribution in [2.45, 2.75) is 20.4 Å². The molecule has 20 heavy (non-hydrogen) atoms. The summed E-state index contributed by atoms with van der Waals surface area (Å²) >= 11 is 0. The minimum atomic E-state index is -0.820. The van der Waals surface area contributed by atoms with Crippen LogP contribution in [0.1, 0.15) is 16.7 Å². The van der Waals surface area contributed by atoms with E-state index >= 15 is 0 Å². The van der Waals surface area contributed by atoms with Gasteiger partial charge in [0.1, 0.15) is 6.54 Å². The predicted octanol–water partition coefficient (Wildman–Crippen LogP) is 3.39. The van der Waals surface area contributed by atoms with Crippen molar-refractivity contribution in [1.29, 1.82) is 0 Å². The quantitative estimate of drug-likeness (QED) is 0.904. The molecule has 2 aromatic rings. The molecule has 3 nitrogen and oxygen atoms in total. The molecule has 0 saturated heterocycles. The minimum Gasteiger partial charge on any atom is -0.480 e. The smallest absolute Gasteiger partial charge is 0.323 e. The highest BCUT2D eigenvalue weighted by Gasteiger charge is 2.12. The fourth-order valence-electron chi connectivity index (χ4n) is 2.13. The summed E-state index contributed by atoms with van der Waals surface area (Å²) in [5, 5.41) is 9.11. The number of carboxylic acid groups (broad SMARTS) is 1. The molecule has 0 heterocycles. The zero-order chi connectivity index (χ0) is 14.5. The van der Waals surface area contributed by atoms with Gasteiger partial charge in [-0.2, -0.15) is 0 Å². The number of aryl methyl sites for hydroxylation is 2. The van der Waals surface area contributed by atoms with Crippen molar-refractivity contribution in [2.75, 3.05) is 11.4 Å². The number of carboxylic acids is 1. The Morgan fingerprint density at radius 1 is 1.05 bits per heavy atom. The van der Waals surface area contributed by atoms with Crippen LogP contribution in [0.4, 0.5) is 5.69 Å². The first-order valence-electron chi connectivity index (χ1n) is 6.64. The monoisotopic (exact) mass is 269 g/mol. The lowest BCUT2D eigenvalue weighted by Gasteiger charge is -2.24. The van der Waals surface area contributed by atoms with E-state index in [1.165, 1.54) is 11.1 Å². The van der Waals surface area contributed by atoms with E-state index in [9.17, 15) is 4.79 Å². The number of rotatable bonds is 5. The molecule has 0 saturated carbocycles. The van der Waals surface area contributed by atoms with Crippen LogP contribution >= 0.6 is 0 Å². The average molecular weight is 269 g/mol. The maximum atomic E-state index is 11.1. The van der Waals surface area contributed by atoms with Crippen LogP contribution in [0.2, 0.25) is 0 Å². The number of hydrogen-bond donors (Lipinski definition) is 1. The molecule has 0 amide bonds. The van der Waals surface area contributed by atoms with E-state index < -0.39 is 5.97 Å². The van der Waals surface area contributed by atoms with Gasteiger partial charge in [0.05, 0.1) is 0 Å². The molecular weight excluding hydrogens is 250 g/mol. The van der Waals surface area contributed by atoms with Crippen LogP contribution in [0.5, 0.6) is 0 Å². The van der Waals surface area contributed by atoms with Crippen LogP contribution in [-0.2, 0) is 11.3 Å². The Balaban J connectivity index is 2.27. The second kappa shape index (κ2) is 6.24. The summed E-state index contributed by atoms with van der Waals surface area (Å²) < 4.78 is 0. The zero-order valence-electron chi connectivity index (χ0n) is 11.8. The third-order valence-corrected chi connectivity index (χ3v) is 3.40. The number of nitrogens with zero attached hydrogens (tertiary/aromatic N) is 1. The van der Waals surface area contributed by atoms with Crippen molar-refractivity contribution in [3.63, 3.8) is 0 Å². The van der Waals surface area contributed by atoms with Crippen molar-refractivity contribution in [3.8, 4) is 0 Å². The fraction of sp³-hybridized carbons (Fsp3) is 0.235. The Hall–Kier alpha value is -2.29. The van der Waals surface area contributed by atoms with Gasteiger partial charge < -0.3 is 10.0 Å². The van der Waals surface area contributed by atoms with Gasteiger partial charge in [-0.15, -0.1) is 0 Å². The van der Waals surface area contributed by atoms with E-state index in [2.05, 4.69) is 6.92 Å². The number of carbonyl (C=O) groups is 1. The Labute approximate surface area is 119 Å². The number of hydrogen-bond acceptors (Lipinski definition) is 2. The first-order chi connectivity index (χ1) is 9.56. The van der Waals surface area contributed by atoms with Crippen molar-refractivity contribution in [3.05, 3.63) is 65.2 Å². The van der Waals surface area contributed by atoms with Crippen LogP contribution in [-0.4, -0.2) is 17.6 Å². The molecule has 0 aliphatic rings. The van der Waals surface area contributed by atoms with Crippen molar-refractivity contribution in [2.24, 2.45) is 0 Å². The Morgan fingerprint density at radius 3 is 2.35 bits per heavy atom. The molecule has 0 radical (unpaired) electrons. The summed E-state index contributed by atoms with van der Waals surface area (Å²) in [5.41, 5.74) is 4.43. The lowest BCUT2D eigenvalue weighted by molar-refractivity contribution is -0.135. The molecule has 1 N–H and O–H groups in total. The van der Waals surface area contributed by atoms with Crippen LogP contribution in [0.15, 0.2) is 48.5 Å². The van der Waals surface area contributed by atoms with Gasteiger partial charge >= 0.3 is 5.97 Å². The Kier molecular flexibility index (Phi) is 4.41. The van der Waals surface area contributed by atoms with Gasteiger partial charge in [0.15, 0.2) is 0 Å². The highest BCUT2D eigenvalue weighted by molar-refractivity contribution is 5.74. The van der Waals surface area contributed by atoms with Gasteiger partial charge in [-0.25, -0.2) is 0 Å². The summed E-state index contributed by atoms with van der Waals surface area (Å²) in [6.45, 7) is 4.69. The Bertz CT molecular complexity index is 593. The highest BCUT2D eigenvalue weighted by Crippen LogP contribution is 2.20. The second-order valence-electron chi connectivity index (χ2n) is 5.00. The third-order valence-electron chi connectivity index (χ3n) is 3.40. The first kappa shape index (κ1) is 14.1. The van der Waals surface area contributed by atoms with E-state index in [1.54, 1.807) is 0 Å². The topological polar surface area (TPSA) is 40.5 Å². The Morgan fingerprint density at radius 2 is 1.75 bits per heavy atom. The summed E-state index contributed by atoms with van der Waals surface area (Å²) in [7, 11) is 0. The summed E-state index contributed by atoms with van der Waals surface area (Å²) in [6, 6.07) is 16.0. The molecule has 2 aromatic carbocycles. The van der Waals surface area contributed by atoms with Crippen LogP contribution < -0.4 is 4.90 Å². The second-order valence-corrected chi connectivity index (χ2v) is 5.00. The van der Waals surface area contributed by atoms with Crippen molar-refractivity contribution < 1.29 is 9.90 Å². The molecule has 0 aliphatic heterocycles. The number of benzene rings is 2. The molecule has 0 spiro atoms. The van der Waals surface area contributed by atoms with Gasteiger partial charge in [0.2, 0.25) is 0 Å². The molecule has 2 rings (SSSR count). The zero-order valence-corrected chi connectivity index (χ0v) is 11.8. The lowest BCUT2D eigenvalue weighted by atomic mass is 10.1. The lowest BCUT2D eigenvalue weighted by Crippen LogP contribution is -2.29. The molecule has 0 bridgehead atoms. The molecule has 0 aromatic heterocycles. The van der Waals surface area contributed by atoms with E-state index in [1.807, 2.05) is 60.4 Å². The largest absolute Gasteiger partial charge is 0.480 e. The molecular formula is C17H19NO2. The summed E-state index contributed by atoms with van der Waals surface area (Å²) in [4.78, 5) is 13.0. The highest BCUT2D eigenvalue weighted by atomic mass is 16.4. The normalized spacial score (nSPS) is 10.3. The van der Waals surface area contributed by atoms with Crippen LogP contribution in [0.25, 0.3) is 0 Å². The molecule has 0 aliphatic carbocycles. The van der Waals surface area contributed by atoms with Crippen LogP contribution in [0, 0.1) is 13.8 Å². The number of aliphatic carboxylic acids is 1. The predicted molar refractivity (Wildman–Crippen MR) is 81.0 cm³/mol. The maximum Gasteiger partial charge on any atom is 0.323 e. The van der Waals surface area contributed by atoms with Gasteiger partial charge in [-0.1, -0.05) is 36.4 Å². The average Bonchev–Trinajstić information content (AvgIpc) is 2.42. The van der Waals surface area contributed by atoms with Crippen molar-refractivity contribution in [1.82, 2.24) is 0 Å². The van der Waals surface area contributed by atoms with Gasteiger partial charge in [-0.3, -0.25) is 4.79 Å². The standard InChI is InChI=1S/C17H19NO2/c1-13-8-9-16(10-14(13)2)18(12-17(19)20)11-15-6-4-3-5-7-15/h3-10H,11-12H2,1-2H3,(H,19,20). The van der Waals surface area contributed by atoms with Crippen molar-refractivity contribution >= 4 is 11.7 Å². The molecule has 104 valence electrons. The molecule has 3 heteroatoms. The van der Waals surface area contributed by atoms with E-state index in [4.69, 9.17) is 5.11 Å². The third kappa shape index (κ3) is 3.60. The number of anilines is 1. The van der Waals surface area contributed by atoms with Gasteiger partial charge in [0, 0.05) is 12.2 Å². The summed E-state index contributed by atoms with van der Waals surface area (Å²) in [5.74, 6) is -0.820. The van der Waals surface area contributed by atoms with Gasteiger partial charge in [-0.05, 0) is 42.7 Å². The SMILES string of the molecule is Cc1ccc(N(CC(=O)O)Cc2ccccc2)cc1C. The minimum absolute atomic E-state index is 0.00258. The molecule has 0 atom stereocenters. The van der Waals surface area contributed by atoms with Gasteiger partial charge in [0.25, 0.3) is 0 Å². The molecule has 0 fully saturated rings. The van der Waals surface area contributed by atoms with E-state index in [0.717, 1.165) is 11.3 Å². The fourth-order valence-corrected chi connectivity index (χ4v) is 2.13. The van der Waals surface area contributed by atoms with E-state index in [-0.39, 0.29) is 6.54 Å². The molecule has 0 unspecified atom stereocenters. The summed E-state index contributed by atoms with van der Waals surface area (Å²) in [6.07, 6.45) is 0. The van der Waals surface area contributed by atoms with Crippen LogP contribution in [0.3, 0.4) is 0 Å². The maximum absolute atomic E-state index is 11.1. The first-order valence-corrected chi connectivity index (χ1v) is 6.64.